The Bertz CT molecular complexity index is 900. The maximum Gasteiger partial charge on any atom is 0.360 e. The van der Waals surface area contributed by atoms with E-state index in [1.54, 1.807) is 31.2 Å². The predicted molar refractivity (Wildman–Crippen MR) is 88.7 cm³/mol. The lowest BCUT2D eigenvalue weighted by molar-refractivity contribution is 0.0516. The summed E-state index contributed by atoms with van der Waals surface area (Å²) < 4.78 is 10.5. The monoisotopic (exact) mass is 344 g/mol. The van der Waals surface area contributed by atoms with E-state index in [1.165, 1.54) is 0 Å². The van der Waals surface area contributed by atoms with Crippen LogP contribution in [0.5, 0.6) is 17.4 Å². The molecule has 0 bridgehead atoms. The van der Waals surface area contributed by atoms with Crippen LogP contribution in [0.3, 0.4) is 0 Å². The number of benzene rings is 1. The number of halogens is 1. The number of rotatable bonds is 4. The van der Waals surface area contributed by atoms with Crippen molar-refractivity contribution < 1.29 is 19.4 Å². The van der Waals surface area contributed by atoms with E-state index in [0.29, 0.717) is 17.0 Å². The fraction of sp³-hybridized carbons (Fsp3) is 0.118. The number of nitrogens with zero attached hydrogens (tertiary/aromatic N) is 2. The Hall–Kier alpha value is -2.86. The summed E-state index contributed by atoms with van der Waals surface area (Å²) in [6.45, 7) is 1.82. The molecule has 0 amide bonds. The molecular formula is C17H13ClN2O4. The lowest BCUT2D eigenvalue weighted by atomic mass is 10.2. The van der Waals surface area contributed by atoms with E-state index in [0.717, 1.165) is 0 Å². The zero-order chi connectivity index (χ0) is 17.1. The molecular weight excluding hydrogens is 332 g/mol. The first-order chi connectivity index (χ1) is 11.6. The van der Waals surface area contributed by atoms with Crippen molar-refractivity contribution in [1.82, 2.24) is 9.97 Å². The molecule has 0 radical (unpaired) electrons. The molecule has 2 heterocycles. The number of pyridine rings is 2. The zero-order valence-corrected chi connectivity index (χ0v) is 13.4. The van der Waals surface area contributed by atoms with Gasteiger partial charge in [0.1, 0.15) is 11.3 Å². The third-order valence-corrected chi connectivity index (χ3v) is 3.45. The largest absolute Gasteiger partial charge is 0.505 e. The molecule has 3 rings (SSSR count). The minimum Gasteiger partial charge on any atom is -0.505 e. The molecule has 0 saturated heterocycles. The quantitative estimate of drug-likeness (QED) is 0.570. The maximum absolute atomic E-state index is 11.8. The van der Waals surface area contributed by atoms with Crippen LogP contribution in [0.25, 0.3) is 10.9 Å². The summed E-state index contributed by atoms with van der Waals surface area (Å²) in [4.78, 5) is 20.0. The number of aromatic nitrogens is 2. The smallest absolute Gasteiger partial charge is 0.360 e. The third kappa shape index (κ3) is 3.09. The van der Waals surface area contributed by atoms with Gasteiger partial charge in [0.15, 0.2) is 16.6 Å². The molecule has 0 aliphatic heterocycles. The van der Waals surface area contributed by atoms with Crippen LogP contribution in [0.15, 0.2) is 42.5 Å². The van der Waals surface area contributed by atoms with Crippen LogP contribution in [0.4, 0.5) is 0 Å². The highest BCUT2D eigenvalue weighted by Gasteiger charge is 2.20. The molecule has 0 saturated carbocycles. The van der Waals surface area contributed by atoms with Crippen LogP contribution < -0.4 is 4.74 Å². The van der Waals surface area contributed by atoms with Crippen molar-refractivity contribution in [2.24, 2.45) is 0 Å². The second-order valence-electron chi connectivity index (χ2n) is 4.78. The third-order valence-electron chi connectivity index (χ3n) is 3.19. The van der Waals surface area contributed by atoms with Crippen molar-refractivity contribution in [3.63, 3.8) is 0 Å². The predicted octanol–water partition coefficient (Wildman–Crippen LogP) is 3.96. The highest BCUT2D eigenvalue weighted by atomic mass is 35.5. The van der Waals surface area contributed by atoms with E-state index in [4.69, 9.17) is 21.1 Å². The van der Waals surface area contributed by atoms with Crippen LogP contribution in [-0.2, 0) is 4.74 Å². The number of fused-ring (bicyclic) bond motifs is 1. The van der Waals surface area contributed by atoms with Crippen LogP contribution in [0.1, 0.15) is 17.4 Å². The first-order valence-electron chi connectivity index (χ1n) is 7.19. The van der Waals surface area contributed by atoms with Gasteiger partial charge in [0, 0.05) is 11.5 Å². The summed E-state index contributed by atoms with van der Waals surface area (Å²) in [7, 11) is 0. The highest BCUT2D eigenvalue weighted by Crippen LogP contribution is 2.33. The summed E-state index contributed by atoms with van der Waals surface area (Å²) in [5, 5.41) is 10.5. The summed E-state index contributed by atoms with van der Waals surface area (Å²) in [5.74, 6) is -0.170. The van der Waals surface area contributed by atoms with Crippen LogP contribution in [-0.4, -0.2) is 27.7 Å². The molecule has 0 aliphatic rings. The number of hydrogen-bond donors (Lipinski definition) is 1. The maximum atomic E-state index is 11.8. The second-order valence-corrected chi connectivity index (χ2v) is 5.14. The van der Waals surface area contributed by atoms with Crippen molar-refractivity contribution in [2.75, 3.05) is 6.61 Å². The highest BCUT2D eigenvalue weighted by molar-refractivity contribution is 6.34. The van der Waals surface area contributed by atoms with Crippen LogP contribution in [0, 0.1) is 0 Å². The van der Waals surface area contributed by atoms with Gasteiger partial charge in [-0.15, -0.1) is 0 Å². The molecule has 122 valence electrons. The van der Waals surface area contributed by atoms with Crippen LogP contribution >= 0.6 is 11.6 Å². The van der Waals surface area contributed by atoms with Gasteiger partial charge in [-0.25, -0.2) is 14.8 Å². The average Bonchev–Trinajstić information content (AvgIpc) is 2.59. The number of ether oxygens (including phenoxy) is 2. The number of carbonyl (C=O) groups is 1. The molecule has 3 aromatic rings. The Labute approximate surface area is 142 Å². The molecule has 6 nitrogen and oxygen atoms in total. The Balaban J connectivity index is 2.03. The van der Waals surface area contributed by atoms with E-state index in [9.17, 15) is 9.90 Å². The van der Waals surface area contributed by atoms with E-state index in [-0.39, 0.29) is 28.7 Å². The fourth-order valence-corrected chi connectivity index (χ4v) is 2.36. The number of aromatic hydroxyl groups is 1. The van der Waals surface area contributed by atoms with Crippen LogP contribution in [0.2, 0.25) is 5.15 Å². The molecule has 0 spiro atoms. The standard InChI is InChI=1S/C17H13ClN2O4/c1-2-23-17(22)14-15(21)11-8-9-12(19-13(11)16(18)20-14)24-10-6-4-3-5-7-10/h3-9,21H,2H2,1H3. The summed E-state index contributed by atoms with van der Waals surface area (Å²) in [6.07, 6.45) is 0. The Kier molecular flexibility index (Phi) is 4.48. The van der Waals surface area contributed by atoms with E-state index >= 15 is 0 Å². The van der Waals surface area contributed by atoms with Gasteiger partial charge in [0.05, 0.1) is 6.61 Å². The van der Waals surface area contributed by atoms with Gasteiger partial charge < -0.3 is 14.6 Å². The Morgan fingerprint density at radius 1 is 1.17 bits per heavy atom. The average molecular weight is 345 g/mol. The van der Waals surface area contributed by atoms with Crippen molar-refractivity contribution in [1.29, 1.82) is 0 Å². The molecule has 7 heteroatoms. The SMILES string of the molecule is CCOC(=O)c1nc(Cl)c2nc(Oc3ccccc3)ccc2c1O. The summed E-state index contributed by atoms with van der Waals surface area (Å²) in [6, 6.07) is 12.2. The molecule has 0 fully saturated rings. The van der Waals surface area contributed by atoms with E-state index < -0.39 is 5.97 Å². The minimum atomic E-state index is -0.747. The van der Waals surface area contributed by atoms with Gasteiger partial charge in [-0.1, -0.05) is 29.8 Å². The second kappa shape index (κ2) is 6.72. The molecule has 0 atom stereocenters. The minimum absolute atomic E-state index is 0.0237. The fourth-order valence-electron chi connectivity index (χ4n) is 2.13. The normalized spacial score (nSPS) is 10.6. The van der Waals surface area contributed by atoms with Gasteiger partial charge in [-0.3, -0.25) is 0 Å². The lowest BCUT2D eigenvalue weighted by Crippen LogP contribution is -2.08. The van der Waals surface area contributed by atoms with Gasteiger partial charge in [-0.2, -0.15) is 0 Å². The first-order valence-corrected chi connectivity index (χ1v) is 7.57. The summed E-state index contributed by atoms with van der Waals surface area (Å²) in [5.41, 5.74) is -0.0106. The topological polar surface area (TPSA) is 81.5 Å². The van der Waals surface area contributed by atoms with Gasteiger partial charge in [0.25, 0.3) is 0 Å². The van der Waals surface area contributed by atoms with Crippen molar-refractivity contribution in [3.8, 4) is 17.4 Å². The zero-order valence-electron chi connectivity index (χ0n) is 12.7. The van der Waals surface area contributed by atoms with Gasteiger partial charge >= 0.3 is 5.97 Å². The van der Waals surface area contributed by atoms with Crippen molar-refractivity contribution in [3.05, 3.63) is 53.3 Å². The first kappa shape index (κ1) is 16.0. The van der Waals surface area contributed by atoms with E-state index in [2.05, 4.69) is 9.97 Å². The molecule has 1 aromatic carbocycles. The van der Waals surface area contributed by atoms with Crippen molar-refractivity contribution in [2.45, 2.75) is 6.92 Å². The number of carbonyl (C=O) groups excluding carboxylic acids is 1. The molecule has 0 aliphatic carbocycles. The van der Waals surface area contributed by atoms with Crippen molar-refractivity contribution >= 4 is 28.5 Å². The Morgan fingerprint density at radius 2 is 1.92 bits per heavy atom. The Morgan fingerprint density at radius 3 is 2.62 bits per heavy atom. The number of para-hydroxylation sites is 1. The summed E-state index contributed by atoms with van der Waals surface area (Å²) >= 11 is 6.11. The number of esters is 1. The van der Waals surface area contributed by atoms with E-state index in [1.807, 2.05) is 18.2 Å². The number of hydrogen-bond acceptors (Lipinski definition) is 6. The molecule has 0 unspecified atom stereocenters. The lowest BCUT2D eigenvalue weighted by Gasteiger charge is -2.09. The molecule has 2 aromatic heterocycles. The van der Waals surface area contributed by atoms with Gasteiger partial charge in [0.2, 0.25) is 5.88 Å². The van der Waals surface area contributed by atoms with Gasteiger partial charge in [-0.05, 0) is 25.1 Å². The molecule has 1 N–H and O–H groups in total. The molecule has 24 heavy (non-hydrogen) atoms.